The van der Waals surface area contributed by atoms with Crippen LogP contribution in [0.4, 0.5) is 10.6 Å². The maximum Gasteiger partial charge on any atom is 0.315 e. The Labute approximate surface area is 136 Å². The fourth-order valence-corrected chi connectivity index (χ4v) is 2.47. The minimum absolute atomic E-state index is 0.0852. The van der Waals surface area contributed by atoms with Crippen LogP contribution in [-0.2, 0) is 11.3 Å². The van der Waals surface area contributed by atoms with E-state index in [-0.39, 0.29) is 19.0 Å². The van der Waals surface area contributed by atoms with Gasteiger partial charge >= 0.3 is 12.0 Å². The number of carbonyl (C=O) groups is 2. The molecule has 2 heterocycles. The fraction of sp³-hybridized carbons (Fsp3) is 0.562. The number of rotatable bonds is 6. The van der Waals surface area contributed by atoms with Crippen molar-refractivity contribution in [1.29, 1.82) is 0 Å². The average Bonchev–Trinajstić information content (AvgIpc) is 2.54. The first kappa shape index (κ1) is 17.1. The van der Waals surface area contributed by atoms with Gasteiger partial charge in [0, 0.05) is 32.4 Å². The number of anilines is 1. The summed E-state index contributed by atoms with van der Waals surface area (Å²) in [4.78, 5) is 28.6. The lowest BCUT2D eigenvalue weighted by Crippen LogP contribution is -2.36. The van der Waals surface area contributed by atoms with Gasteiger partial charge in [0.2, 0.25) is 0 Å². The van der Waals surface area contributed by atoms with Crippen molar-refractivity contribution in [3.63, 3.8) is 0 Å². The minimum Gasteiger partial charge on any atom is -0.481 e. The first-order valence-electron chi connectivity index (χ1n) is 7.98. The number of pyridine rings is 1. The highest BCUT2D eigenvalue weighted by Gasteiger charge is 2.16. The number of nitrogens with one attached hydrogen (secondary N) is 2. The van der Waals surface area contributed by atoms with Crippen LogP contribution in [0.3, 0.4) is 0 Å². The Balaban J connectivity index is 1.74. The molecule has 1 aromatic rings. The number of hydrogen-bond acceptors (Lipinski definition) is 4. The minimum atomic E-state index is -0.933. The van der Waals surface area contributed by atoms with E-state index in [1.165, 1.54) is 12.8 Å². The van der Waals surface area contributed by atoms with Gasteiger partial charge in [-0.05, 0) is 30.4 Å². The van der Waals surface area contributed by atoms with Crippen LogP contribution < -0.4 is 15.5 Å². The van der Waals surface area contributed by atoms with Gasteiger partial charge in [0.05, 0.1) is 6.42 Å². The Morgan fingerprint density at radius 3 is 2.65 bits per heavy atom. The van der Waals surface area contributed by atoms with Crippen molar-refractivity contribution >= 4 is 17.8 Å². The van der Waals surface area contributed by atoms with Gasteiger partial charge in [0.25, 0.3) is 0 Å². The highest BCUT2D eigenvalue weighted by Crippen LogP contribution is 2.21. The van der Waals surface area contributed by atoms with Gasteiger partial charge in [-0.15, -0.1) is 0 Å². The van der Waals surface area contributed by atoms with Crippen LogP contribution in [0, 0.1) is 5.92 Å². The largest absolute Gasteiger partial charge is 0.481 e. The lowest BCUT2D eigenvalue weighted by atomic mass is 9.99. The normalized spacial score (nSPS) is 15.3. The number of piperidine rings is 1. The molecule has 0 unspecified atom stereocenters. The molecule has 0 aliphatic carbocycles. The van der Waals surface area contributed by atoms with E-state index in [4.69, 9.17) is 5.11 Å². The Bertz CT molecular complexity index is 525. The van der Waals surface area contributed by atoms with Crippen molar-refractivity contribution in [3.05, 3.63) is 23.9 Å². The first-order valence-corrected chi connectivity index (χ1v) is 7.98. The van der Waals surface area contributed by atoms with E-state index < -0.39 is 5.97 Å². The Kier molecular flexibility index (Phi) is 6.19. The predicted octanol–water partition coefficient (Wildman–Crippen LogP) is 1.59. The number of carboxylic acid groups (broad SMARTS) is 1. The van der Waals surface area contributed by atoms with Crippen LogP contribution >= 0.6 is 0 Å². The third-order valence-corrected chi connectivity index (χ3v) is 3.99. The molecule has 3 N–H and O–H groups in total. The number of hydrogen-bond donors (Lipinski definition) is 3. The van der Waals surface area contributed by atoms with E-state index in [0.717, 1.165) is 30.4 Å². The summed E-state index contributed by atoms with van der Waals surface area (Å²) < 4.78 is 0. The summed E-state index contributed by atoms with van der Waals surface area (Å²) in [5.74, 6) is 0.832. The van der Waals surface area contributed by atoms with Crippen LogP contribution in [0.1, 0.15) is 31.7 Å². The summed E-state index contributed by atoms with van der Waals surface area (Å²) in [7, 11) is 0. The summed E-state index contributed by atoms with van der Waals surface area (Å²) in [5.41, 5.74) is 0.910. The predicted molar refractivity (Wildman–Crippen MR) is 87.3 cm³/mol. The van der Waals surface area contributed by atoms with Crippen LogP contribution in [-0.4, -0.2) is 41.7 Å². The quantitative estimate of drug-likeness (QED) is 0.740. The zero-order chi connectivity index (χ0) is 16.7. The highest BCUT2D eigenvalue weighted by molar-refractivity contribution is 5.74. The molecule has 0 aromatic carbocycles. The number of urea groups is 1. The molecule has 1 saturated heterocycles. The Hall–Kier alpha value is -2.31. The van der Waals surface area contributed by atoms with Crippen LogP contribution in [0.5, 0.6) is 0 Å². The lowest BCUT2D eigenvalue weighted by Gasteiger charge is -2.31. The maximum absolute atomic E-state index is 11.5. The van der Waals surface area contributed by atoms with Gasteiger partial charge in [-0.2, -0.15) is 0 Å². The summed E-state index contributed by atoms with van der Waals surface area (Å²) in [6.45, 7) is 4.84. The van der Waals surface area contributed by atoms with E-state index in [0.29, 0.717) is 6.54 Å². The molecule has 126 valence electrons. The number of aromatic nitrogens is 1. The standard InChI is InChI=1S/C16H24N4O3/c1-12-5-8-20(9-6-12)14-3-2-13(10-18-14)11-19-16(23)17-7-4-15(21)22/h2-3,10,12H,4-9,11H2,1H3,(H,21,22)(H2,17,19,23). The van der Waals surface area contributed by atoms with Gasteiger partial charge in [-0.3, -0.25) is 4.79 Å². The summed E-state index contributed by atoms with van der Waals surface area (Å²) in [5, 5.41) is 13.7. The van der Waals surface area contributed by atoms with Crippen molar-refractivity contribution in [2.45, 2.75) is 32.7 Å². The Morgan fingerprint density at radius 1 is 1.30 bits per heavy atom. The number of nitrogens with zero attached hydrogens (tertiary/aromatic N) is 2. The summed E-state index contributed by atoms with van der Waals surface area (Å²) in [6, 6.07) is 3.56. The highest BCUT2D eigenvalue weighted by atomic mass is 16.4. The molecule has 2 rings (SSSR count). The van der Waals surface area contributed by atoms with Gasteiger partial charge in [0.15, 0.2) is 0 Å². The fourth-order valence-electron chi connectivity index (χ4n) is 2.47. The smallest absolute Gasteiger partial charge is 0.315 e. The zero-order valence-corrected chi connectivity index (χ0v) is 13.4. The van der Waals surface area contributed by atoms with Crippen LogP contribution in [0.25, 0.3) is 0 Å². The molecule has 1 fully saturated rings. The topological polar surface area (TPSA) is 94.6 Å². The molecule has 1 aliphatic rings. The number of carboxylic acids is 1. The van der Waals surface area contributed by atoms with Crippen molar-refractivity contribution in [3.8, 4) is 0 Å². The molecule has 0 bridgehead atoms. The molecule has 0 atom stereocenters. The summed E-state index contributed by atoms with van der Waals surface area (Å²) in [6.07, 6.45) is 4.08. The van der Waals surface area contributed by atoms with Crippen molar-refractivity contribution in [2.75, 3.05) is 24.5 Å². The molecule has 0 radical (unpaired) electrons. The third-order valence-electron chi connectivity index (χ3n) is 3.99. The molecule has 0 saturated carbocycles. The molecular formula is C16H24N4O3. The molecule has 1 aromatic heterocycles. The molecule has 7 heteroatoms. The van der Waals surface area contributed by atoms with E-state index in [1.54, 1.807) is 6.20 Å². The third kappa shape index (κ3) is 5.77. The zero-order valence-electron chi connectivity index (χ0n) is 13.4. The van der Waals surface area contributed by atoms with Gasteiger partial charge < -0.3 is 20.6 Å². The van der Waals surface area contributed by atoms with Crippen molar-refractivity contribution in [1.82, 2.24) is 15.6 Å². The second-order valence-electron chi connectivity index (χ2n) is 5.95. The molecule has 7 nitrogen and oxygen atoms in total. The van der Waals surface area contributed by atoms with E-state index in [1.807, 2.05) is 12.1 Å². The van der Waals surface area contributed by atoms with Gasteiger partial charge in [0.1, 0.15) is 5.82 Å². The molecule has 1 aliphatic heterocycles. The SMILES string of the molecule is CC1CCN(c2ccc(CNC(=O)NCCC(=O)O)cn2)CC1. The van der Waals surface area contributed by atoms with Gasteiger partial charge in [-0.25, -0.2) is 9.78 Å². The second-order valence-corrected chi connectivity index (χ2v) is 5.95. The summed E-state index contributed by atoms with van der Waals surface area (Å²) >= 11 is 0. The molecule has 0 spiro atoms. The van der Waals surface area contributed by atoms with E-state index in [9.17, 15) is 9.59 Å². The van der Waals surface area contributed by atoms with Crippen molar-refractivity contribution < 1.29 is 14.7 Å². The van der Waals surface area contributed by atoms with E-state index >= 15 is 0 Å². The van der Waals surface area contributed by atoms with Crippen LogP contribution in [0.15, 0.2) is 18.3 Å². The average molecular weight is 320 g/mol. The number of carbonyl (C=O) groups excluding carboxylic acids is 1. The number of amides is 2. The van der Waals surface area contributed by atoms with E-state index in [2.05, 4.69) is 27.4 Å². The lowest BCUT2D eigenvalue weighted by molar-refractivity contribution is -0.136. The van der Waals surface area contributed by atoms with Gasteiger partial charge in [-0.1, -0.05) is 13.0 Å². The van der Waals surface area contributed by atoms with Crippen molar-refractivity contribution in [2.24, 2.45) is 5.92 Å². The van der Waals surface area contributed by atoms with Crippen LogP contribution in [0.2, 0.25) is 0 Å². The Morgan fingerprint density at radius 2 is 2.04 bits per heavy atom. The maximum atomic E-state index is 11.5. The monoisotopic (exact) mass is 320 g/mol. The number of aliphatic carboxylic acids is 1. The molecule has 23 heavy (non-hydrogen) atoms. The first-order chi connectivity index (χ1) is 11.0. The molecular weight excluding hydrogens is 296 g/mol. The molecule has 2 amide bonds. The second kappa shape index (κ2) is 8.36.